The molecule has 0 radical (unpaired) electrons. The largest absolute Gasteiger partial charge is 0.322 e. The van der Waals surface area contributed by atoms with E-state index in [2.05, 4.69) is 15.6 Å². The lowest BCUT2D eigenvalue weighted by Crippen LogP contribution is -2.38. The summed E-state index contributed by atoms with van der Waals surface area (Å²) in [5, 5.41) is 10.5. The molecule has 27 heavy (non-hydrogen) atoms. The molecule has 3 aromatic rings. The van der Waals surface area contributed by atoms with Crippen LogP contribution in [0.15, 0.2) is 41.1 Å². The Morgan fingerprint density at radius 3 is 2.89 bits per heavy atom. The molecular formula is C18H15ClN4O2S2. The molecule has 0 saturated heterocycles. The fourth-order valence-corrected chi connectivity index (χ4v) is 4.60. The van der Waals surface area contributed by atoms with Crippen molar-refractivity contribution in [2.24, 2.45) is 0 Å². The number of urea groups is 1. The Morgan fingerprint density at radius 2 is 2.11 bits per heavy atom. The first-order valence-corrected chi connectivity index (χ1v) is 10.4. The van der Waals surface area contributed by atoms with Gasteiger partial charge in [-0.05, 0) is 29.6 Å². The number of aromatic nitrogens is 1. The molecule has 0 aliphatic carbocycles. The van der Waals surface area contributed by atoms with Crippen LogP contribution in [0.25, 0.3) is 0 Å². The number of anilines is 2. The smallest absolute Gasteiger partial charge is 0.319 e. The Balaban J connectivity index is 1.41. The van der Waals surface area contributed by atoms with Crippen LogP contribution in [-0.4, -0.2) is 28.4 Å². The maximum Gasteiger partial charge on any atom is 0.322 e. The molecular weight excluding hydrogens is 404 g/mol. The van der Waals surface area contributed by atoms with E-state index in [1.807, 2.05) is 5.38 Å². The van der Waals surface area contributed by atoms with E-state index in [-0.39, 0.29) is 11.9 Å². The first-order valence-electron chi connectivity index (χ1n) is 8.22. The molecule has 2 aromatic heterocycles. The molecule has 0 spiro atoms. The lowest BCUT2D eigenvalue weighted by Gasteiger charge is -2.26. The summed E-state index contributed by atoms with van der Waals surface area (Å²) in [5.74, 6) is -0.169. The Hall–Kier alpha value is -2.42. The number of nitrogens with one attached hydrogen (secondary N) is 2. The summed E-state index contributed by atoms with van der Waals surface area (Å²) in [6.45, 7) is 1.04. The van der Waals surface area contributed by atoms with Crippen LogP contribution in [0.4, 0.5) is 15.6 Å². The summed E-state index contributed by atoms with van der Waals surface area (Å²) in [6.07, 6.45) is 0.656. The van der Waals surface area contributed by atoms with E-state index in [1.54, 1.807) is 40.6 Å². The normalized spacial score (nSPS) is 13.1. The van der Waals surface area contributed by atoms with Crippen molar-refractivity contribution >= 4 is 57.0 Å². The number of amides is 3. The summed E-state index contributed by atoms with van der Waals surface area (Å²) in [7, 11) is 0. The van der Waals surface area contributed by atoms with Gasteiger partial charge in [0.05, 0.1) is 17.8 Å². The van der Waals surface area contributed by atoms with E-state index in [0.29, 0.717) is 40.9 Å². The molecule has 0 saturated carbocycles. The number of carbonyl (C=O) groups is 2. The molecule has 6 nitrogen and oxygen atoms in total. The molecule has 0 unspecified atom stereocenters. The minimum Gasteiger partial charge on any atom is -0.319 e. The van der Waals surface area contributed by atoms with Gasteiger partial charge >= 0.3 is 6.03 Å². The molecule has 4 rings (SSSR count). The zero-order chi connectivity index (χ0) is 18.8. The quantitative estimate of drug-likeness (QED) is 0.647. The van der Waals surface area contributed by atoms with Crippen LogP contribution >= 0.6 is 34.3 Å². The predicted octanol–water partition coefficient (Wildman–Crippen LogP) is 4.70. The summed E-state index contributed by atoms with van der Waals surface area (Å²) in [5.41, 5.74) is 2.22. The molecule has 138 valence electrons. The number of fused-ring (bicyclic) bond motifs is 1. The van der Waals surface area contributed by atoms with Gasteiger partial charge in [-0.3, -0.25) is 10.1 Å². The van der Waals surface area contributed by atoms with Crippen molar-refractivity contribution in [3.8, 4) is 0 Å². The van der Waals surface area contributed by atoms with Gasteiger partial charge in [0.2, 0.25) is 0 Å². The number of halogens is 1. The Kier molecular flexibility index (Phi) is 5.11. The zero-order valence-electron chi connectivity index (χ0n) is 14.1. The standard InChI is InChI=1S/C18H15ClN4O2S2/c19-12-2-1-3-13(8-12)20-18(25)23-6-4-14-15(9-23)27-17(21-14)22-16(24)11-5-7-26-10-11/h1-3,5,7-8,10H,4,6,9H2,(H,20,25)(H,21,22,24). The van der Waals surface area contributed by atoms with Gasteiger partial charge < -0.3 is 10.2 Å². The summed E-state index contributed by atoms with van der Waals surface area (Å²) in [4.78, 5) is 31.9. The molecule has 0 bridgehead atoms. The van der Waals surface area contributed by atoms with Gasteiger partial charge in [-0.25, -0.2) is 9.78 Å². The molecule has 3 amide bonds. The molecule has 0 fully saturated rings. The summed E-state index contributed by atoms with van der Waals surface area (Å²) < 4.78 is 0. The van der Waals surface area contributed by atoms with Crippen molar-refractivity contribution in [1.82, 2.24) is 9.88 Å². The SMILES string of the molecule is O=C(Nc1nc2c(s1)CN(C(=O)Nc1cccc(Cl)c1)CC2)c1ccsc1. The van der Waals surface area contributed by atoms with Gasteiger partial charge in [0.1, 0.15) is 0 Å². The van der Waals surface area contributed by atoms with Crippen molar-refractivity contribution in [3.63, 3.8) is 0 Å². The Bertz CT molecular complexity index is 987. The first kappa shape index (κ1) is 18.0. The Labute approximate surface area is 168 Å². The minimum absolute atomic E-state index is 0.169. The second-order valence-corrected chi connectivity index (χ2v) is 8.27. The maximum absolute atomic E-state index is 12.5. The van der Waals surface area contributed by atoms with E-state index >= 15 is 0 Å². The molecule has 0 atom stereocenters. The average Bonchev–Trinajstić information content (AvgIpc) is 3.30. The van der Waals surface area contributed by atoms with Gasteiger partial charge in [-0.1, -0.05) is 29.0 Å². The number of thiazole rings is 1. The van der Waals surface area contributed by atoms with Gasteiger partial charge in [-0.2, -0.15) is 11.3 Å². The topological polar surface area (TPSA) is 74.3 Å². The molecule has 1 aliphatic heterocycles. The van der Waals surface area contributed by atoms with E-state index in [9.17, 15) is 9.59 Å². The van der Waals surface area contributed by atoms with Crippen molar-refractivity contribution < 1.29 is 9.59 Å². The zero-order valence-corrected chi connectivity index (χ0v) is 16.5. The number of rotatable bonds is 3. The lowest BCUT2D eigenvalue weighted by molar-refractivity contribution is 0.102. The molecule has 1 aliphatic rings. The molecule has 3 heterocycles. The predicted molar refractivity (Wildman–Crippen MR) is 109 cm³/mol. The number of hydrogen-bond donors (Lipinski definition) is 2. The second kappa shape index (κ2) is 7.67. The minimum atomic E-state index is -0.180. The number of carbonyl (C=O) groups excluding carboxylic acids is 2. The lowest BCUT2D eigenvalue weighted by atomic mass is 10.2. The molecule has 2 N–H and O–H groups in total. The van der Waals surface area contributed by atoms with E-state index in [1.165, 1.54) is 22.7 Å². The van der Waals surface area contributed by atoms with Crippen LogP contribution in [0.2, 0.25) is 5.02 Å². The number of nitrogens with zero attached hydrogens (tertiary/aromatic N) is 2. The first-order chi connectivity index (χ1) is 13.1. The Morgan fingerprint density at radius 1 is 1.22 bits per heavy atom. The van der Waals surface area contributed by atoms with Crippen LogP contribution in [0, 0.1) is 0 Å². The average molecular weight is 419 g/mol. The molecule has 1 aromatic carbocycles. The fraction of sp³-hybridized carbons (Fsp3) is 0.167. The van der Waals surface area contributed by atoms with Crippen molar-refractivity contribution in [3.05, 3.63) is 62.2 Å². The van der Waals surface area contributed by atoms with Crippen LogP contribution < -0.4 is 10.6 Å². The van der Waals surface area contributed by atoms with E-state index in [4.69, 9.17) is 11.6 Å². The van der Waals surface area contributed by atoms with Crippen molar-refractivity contribution in [2.75, 3.05) is 17.2 Å². The van der Waals surface area contributed by atoms with Crippen LogP contribution in [0.1, 0.15) is 20.9 Å². The monoisotopic (exact) mass is 418 g/mol. The number of thiophene rings is 1. The summed E-state index contributed by atoms with van der Waals surface area (Å²) in [6, 6.07) is 8.64. The van der Waals surface area contributed by atoms with Gasteiger partial charge in [0.15, 0.2) is 5.13 Å². The van der Waals surface area contributed by atoms with Crippen LogP contribution in [-0.2, 0) is 13.0 Å². The van der Waals surface area contributed by atoms with Crippen LogP contribution in [0.3, 0.4) is 0 Å². The third kappa shape index (κ3) is 4.13. The van der Waals surface area contributed by atoms with Gasteiger partial charge in [0, 0.05) is 33.9 Å². The second-order valence-electron chi connectivity index (χ2n) is 5.97. The molecule has 9 heteroatoms. The fourth-order valence-electron chi connectivity index (χ4n) is 2.75. The number of benzene rings is 1. The summed E-state index contributed by atoms with van der Waals surface area (Å²) >= 11 is 8.84. The third-order valence-electron chi connectivity index (χ3n) is 4.10. The highest BCUT2D eigenvalue weighted by atomic mass is 35.5. The third-order valence-corrected chi connectivity index (χ3v) is 6.01. The van der Waals surface area contributed by atoms with E-state index < -0.39 is 0 Å². The van der Waals surface area contributed by atoms with E-state index in [0.717, 1.165) is 10.6 Å². The van der Waals surface area contributed by atoms with Crippen LogP contribution in [0.5, 0.6) is 0 Å². The van der Waals surface area contributed by atoms with Crippen molar-refractivity contribution in [2.45, 2.75) is 13.0 Å². The highest BCUT2D eigenvalue weighted by molar-refractivity contribution is 7.16. The number of hydrogen-bond acceptors (Lipinski definition) is 5. The maximum atomic E-state index is 12.5. The highest BCUT2D eigenvalue weighted by Crippen LogP contribution is 2.29. The van der Waals surface area contributed by atoms with Crippen molar-refractivity contribution in [1.29, 1.82) is 0 Å². The van der Waals surface area contributed by atoms with Gasteiger partial charge in [0.25, 0.3) is 5.91 Å². The highest BCUT2D eigenvalue weighted by Gasteiger charge is 2.25. The van der Waals surface area contributed by atoms with Gasteiger partial charge in [-0.15, -0.1) is 0 Å².